The molecule has 0 saturated carbocycles. The summed E-state index contributed by atoms with van der Waals surface area (Å²) in [5, 5.41) is 7.13. The lowest BCUT2D eigenvalue weighted by Crippen LogP contribution is -2.23. The van der Waals surface area contributed by atoms with Crippen molar-refractivity contribution in [3.05, 3.63) is 78.2 Å². The summed E-state index contributed by atoms with van der Waals surface area (Å²) < 4.78 is 7.04. The molecule has 3 rings (SSSR count). The molecular formula is C18H18N4O2. The van der Waals surface area contributed by atoms with Crippen molar-refractivity contribution in [2.45, 2.75) is 12.6 Å². The number of hydrogen-bond donors (Lipinski definition) is 1. The van der Waals surface area contributed by atoms with E-state index in [-0.39, 0.29) is 5.91 Å². The van der Waals surface area contributed by atoms with Crippen LogP contribution in [0.3, 0.4) is 0 Å². The van der Waals surface area contributed by atoms with Gasteiger partial charge in [0.1, 0.15) is 0 Å². The number of pyridine rings is 1. The second kappa shape index (κ2) is 7.52. The Balaban J connectivity index is 1.66. The summed E-state index contributed by atoms with van der Waals surface area (Å²) in [6.45, 7) is 0.545. The normalized spacial score (nSPS) is 11.9. The highest BCUT2D eigenvalue weighted by atomic mass is 16.5. The van der Waals surface area contributed by atoms with E-state index in [1.165, 1.54) is 7.11 Å². The number of methoxy groups -OCH3 is 1. The van der Waals surface area contributed by atoms with Crippen molar-refractivity contribution in [3.63, 3.8) is 0 Å². The van der Waals surface area contributed by atoms with Gasteiger partial charge in [-0.05, 0) is 17.7 Å². The molecule has 2 heterocycles. The molecule has 122 valence electrons. The minimum Gasteiger partial charge on any atom is -0.367 e. The zero-order valence-electron chi connectivity index (χ0n) is 13.3. The molecule has 0 radical (unpaired) electrons. The van der Waals surface area contributed by atoms with Gasteiger partial charge in [0, 0.05) is 25.6 Å². The predicted molar refractivity (Wildman–Crippen MR) is 90.4 cm³/mol. The van der Waals surface area contributed by atoms with Crippen molar-refractivity contribution in [2.24, 2.45) is 0 Å². The molecule has 3 aromatic rings. The molecule has 24 heavy (non-hydrogen) atoms. The first-order valence-electron chi connectivity index (χ1n) is 7.58. The topological polar surface area (TPSA) is 69.0 Å². The maximum absolute atomic E-state index is 12.4. The zero-order valence-corrected chi connectivity index (χ0v) is 13.3. The summed E-state index contributed by atoms with van der Waals surface area (Å²) in [5.41, 5.74) is 1.70. The number of anilines is 1. The average Bonchev–Trinajstić information content (AvgIpc) is 3.04. The minimum atomic E-state index is -0.674. The van der Waals surface area contributed by atoms with E-state index >= 15 is 0 Å². The smallest absolute Gasteiger partial charge is 0.259 e. The molecule has 0 saturated heterocycles. The molecule has 1 atom stereocenters. The van der Waals surface area contributed by atoms with E-state index in [1.807, 2.05) is 48.5 Å². The molecule has 6 heteroatoms. The SMILES string of the molecule is CO[C@H](C(=O)Nc1ccn(Cc2ccccn2)n1)c1ccccc1. The first-order chi connectivity index (χ1) is 11.8. The van der Waals surface area contributed by atoms with Crippen LogP contribution < -0.4 is 5.32 Å². The van der Waals surface area contributed by atoms with Gasteiger partial charge in [0.2, 0.25) is 0 Å². The zero-order chi connectivity index (χ0) is 16.8. The number of aromatic nitrogens is 3. The van der Waals surface area contributed by atoms with Gasteiger partial charge in [-0.3, -0.25) is 14.5 Å². The summed E-state index contributed by atoms with van der Waals surface area (Å²) >= 11 is 0. The minimum absolute atomic E-state index is 0.258. The van der Waals surface area contributed by atoms with E-state index in [1.54, 1.807) is 23.1 Å². The van der Waals surface area contributed by atoms with Crippen molar-refractivity contribution in [1.82, 2.24) is 14.8 Å². The lowest BCUT2D eigenvalue weighted by molar-refractivity contribution is -0.126. The molecule has 0 aliphatic heterocycles. The van der Waals surface area contributed by atoms with Crippen LogP contribution >= 0.6 is 0 Å². The van der Waals surface area contributed by atoms with E-state index in [4.69, 9.17) is 4.74 Å². The van der Waals surface area contributed by atoms with E-state index in [0.29, 0.717) is 12.4 Å². The molecule has 0 bridgehead atoms. The summed E-state index contributed by atoms with van der Waals surface area (Å²) in [6.07, 6.45) is 2.87. The van der Waals surface area contributed by atoms with Crippen molar-refractivity contribution in [1.29, 1.82) is 0 Å². The van der Waals surface area contributed by atoms with Gasteiger partial charge in [0.05, 0.1) is 12.2 Å². The number of benzene rings is 1. The standard InChI is InChI=1S/C18H18N4O2/c1-24-17(14-7-3-2-4-8-14)18(23)20-16-10-12-22(21-16)13-15-9-5-6-11-19-15/h2-12,17H,13H2,1H3,(H,20,21,23)/t17-/m0/s1. The van der Waals surface area contributed by atoms with Gasteiger partial charge in [0.25, 0.3) is 5.91 Å². The summed E-state index contributed by atoms with van der Waals surface area (Å²) in [6, 6.07) is 16.8. The van der Waals surface area contributed by atoms with Gasteiger partial charge >= 0.3 is 0 Å². The number of carbonyl (C=O) groups is 1. The van der Waals surface area contributed by atoms with Gasteiger partial charge < -0.3 is 10.1 Å². The molecule has 0 fully saturated rings. The third-order valence-corrected chi connectivity index (χ3v) is 3.52. The number of nitrogens with one attached hydrogen (secondary N) is 1. The Bertz CT molecular complexity index is 787. The molecule has 0 unspecified atom stereocenters. The number of rotatable bonds is 6. The lowest BCUT2D eigenvalue weighted by atomic mass is 10.1. The molecule has 6 nitrogen and oxygen atoms in total. The fraction of sp³-hybridized carbons (Fsp3) is 0.167. The van der Waals surface area contributed by atoms with Crippen LogP contribution in [0.5, 0.6) is 0 Å². The van der Waals surface area contributed by atoms with Gasteiger partial charge in [-0.2, -0.15) is 5.10 Å². The van der Waals surface area contributed by atoms with Crippen molar-refractivity contribution in [3.8, 4) is 0 Å². The summed E-state index contributed by atoms with van der Waals surface area (Å²) in [5.74, 6) is 0.223. The van der Waals surface area contributed by atoms with E-state index in [0.717, 1.165) is 11.3 Å². The molecule has 2 aromatic heterocycles. The van der Waals surface area contributed by atoms with Crippen LogP contribution in [0, 0.1) is 0 Å². The van der Waals surface area contributed by atoms with Crippen molar-refractivity contribution in [2.75, 3.05) is 12.4 Å². The molecule has 1 amide bonds. The van der Waals surface area contributed by atoms with Crippen LogP contribution in [0.2, 0.25) is 0 Å². The highest BCUT2D eigenvalue weighted by Gasteiger charge is 2.20. The van der Waals surface area contributed by atoms with Crippen LogP contribution in [0.25, 0.3) is 0 Å². The Labute approximate surface area is 140 Å². The largest absolute Gasteiger partial charge is 0.367 e. The van der Waals surface area contributed by atoms with Crippen LogP contribution in [0.15, 0.2) is 67.0 Å². The molecule has 0 aliphatic carbocycles. The van der Waals surface area contributed by atoms with Crippen molar-refractivity contribution >= 4 is 11.7 Å². The second-order valence-corrected chi connectivity index (χ2v) is 5.24. The fourth-order valence-corrected chi connectivity index (χ4v) is 2.39. The van der Waals surface area contributed by atoms with Crippen LogP contribution in [-0.4, -0.2) is 27.8 Å². The molecule has 0 aliphatic rings. The number of hydrogen-bond acceptors (Lipinski definition) is 4. The van der Waals surface area contributed by atoms with E-state index in [9.17, 15) is 4.79 Å². The lowest BCUT2D eigenvalue weighted by Gasteiger charge is -2.14. The molecular weight excluding hydrogens is 304 g/mol. The number of nitrogens with zero attached hydrogens (tertiary/aromatic N) is 3. The first kappa shape index (κ1) is 15.9. The quantitative estimate of drug-likeness (QED) is 0.757. The maximum atomic E-state index is 12.4. The first-order valence-corrected chi connectivity index (χ1v) is 7.58. The molecule has 1 aromatic carbocycles. The third kappa shape index (κ3) is 3.85. The Kier molecular flexibility index (Phi) is 4.98. The number of carbonyl (C=O) groups excluding carboxylic acids is 1. The monoisotopic (exact) mass is 322 g/mol. The Morgan fingerprint density at radius 1 is 1.17 bits per heavy atom. The number of amides is 1. The predicted octanol–water partition coefficient (Wildman–Crippen LogP) is 2.65. The van der Waals surface area contributed by atoms with E-state index < -0.39 is 6.10 Å². The van der Waals surface area contributed by atoms with Gasteiger partial charge in [0.15, 0.2) is 11.9 Å². The van der Waals surface area contributed by atoms with Crippen LogP contribution in [-0.2, 0) is 16.1 Å². The Morgan fingerprint density at radius 3 is 2.67 bits per heavy atom. The van der Waals surface area contributed by atoms with E-state index in [2.05, 4.69) is 15.4 Å². The average molecular weight is 322 g/mol. The van der Waals surface area contributed by atoms with Crippen LogP contribution in [0.1, 0.15) is 17.4 Å². The third-order valence-electron chi connectivity index (χ3n) is 3.52. The maximum Gasteiger partial charge on any atom is 0.259 e. The van der Waals surface area contributed by atoms with Gasteiger partial charge in [-0.1, -0.05) is 36.4 Å². The van der Waals surface area contributed by atoms with Gasteiger partial charge in [-0.25, -0.2) is 0 Å². The highest BCUT2D eigenvalue weighted by molar-refractivity contribution is 5.94. The Hall–Kier alpha value is -2.99. The van der Waals surface area contributed by atoms with Crippen molar-refractivity contribution < 1.29 is 9.53 Å². The summed E-state index contributed by atoms with van der Waals surface area (Å²) in [7, 11) is 1.51. The van der Waals surface area contributed by atoms with Crippen LogP contribution in [0.4, 0.5) is 5.82 Å². The second-order valence-electron chi connectivity index (χ2n) is 5.24. The highest BCUT2D eigenvalue weighted by Crippen LogP contribution is 2.18. The molecule has 0 spiro atoms. The summed E-state index contributed by atoms with van der Waals surface area (Å²) in [4.78, 5) is 16.7. The Morgan fingerprint density at radius 2 is 1.96 bits per heavy atom. The fourth-order valence-electron chi connectivity index (χ4n) is 2.39. The van der Waals surface area contributed by atoms with Gasteiger partial charge in [-0.15, -0.1) is 0 Å². The molecule has 1 N–H and O–H groups in total. The number of ether oxygens (including phenoxy) is 1.